The first-order valence-corrected chi connectivity index (χ1v) is 6.66. The lowest BCUT2D eigenvalue weighted by molar-refractivity contribution is -0.117. The van der Waals surface area contributed by atoms with Crippen molar-refractivity contribution in [3.8, 4) is 0 Å². The molecule has 0 rings (SSSR count). The van der Waals surface area contributed by atoms with Crippen LogP contribution >= 0.6 is 0 Å². The van der Waals surface area contributed by atoms with Gasteiger partial charge >= 0.3 is 0 Å². The summed E-state index contributed by atoms with van der Waals surface area (Å²) < 4.78 is 0. The Balaban J connectivity index is 0. The monoisotopic (exact) mass is 245 g/mol. The molecule has 0 fully saturated rings. The van der Waals surface area contributed by atoms with E-state index in [0.717, 1.165) is 13.1 Å². The smallest absolute Gasteiger partial charge is 0.218 e. The molecule has 2 unspecified atom stereocenters. The molecule has 0 saturated heterocycles. The normalized spacial score (nSPS) is 13.5. The minimum atomic E-state index is -0.235. The van der Waals surface area contributed by atoms with Crippen LogP contribution in [-0.4, -0.2) is 25.5 Å². The second kappa shape index (κ2) is 13.5. The minimum Gasteiger partial charge on any atom is -0.370 e. The van der Waals surface area contributed by atoms with Gasteiger partial charge in [0.05, 0.1) is 0 Å². The maximum Gasteiger partial charge on any atom is 0.218 e. The van der Waals surface area contributed by atoms with Gasteiger partial charge in [-0.3, -0.25) is 4.79 Å². The van der Waals surface area contributed by atoms with E-state index < -0.39 is 0 Å². The molecule has 104 valence electrons. The van der Waals surface area contributed by atoms with E-state index in [0.29, 0.717) is 24.8 Å². The first-order chi connectivity index (χ1) is 7.97. The Bertz CT molecular complexity index is 170. The molecule has 0 saturated carbocycles. The summed E-state index contributed by atoms with van der Waals surface area (Å²) >= 11 is 0. The predicted octanol–water partition coefficient (Wildman–Crippen LogP) is 1.49. The van der Waals surface area contributed by atoms with Crippen molar-refractivity contribution in [2.75, 3.05) is 19.6 Å². The molecule has 0 heterocycles. The second-order valence-electron chi connectivity index (χ2n) is 4.68. The Kier molecular flexibility index (Phi) is 14.8. The van der Waals surface area contributed by atoms with Gasteiger partial charge in [-0.15, -0.1) is 0 Å². The molecular weight excluding hydrogens is 214 g/mol. The molecule has 0 radical (unpaired) electrons. The molecular formula is C13H31N3O. The van der Waals surface area contributed by atoms with Gasteiger partial charge in [0.1, 0.15) is 0 Å². The fraction of sp³-hybridized carbons (Fsp3) is 0.923. The highest BCUT2D eigenvalue weighted by Gasteiger charge is 1.97. The molecule has 0 aromatic heterocycles. The van der Waals surface area contributed by atoms with Crippen molar-refractivity contribution in [2.45, 2.75) is 47.0 Å². The molecule has 4 nitrogen and oxygen atoms in total. The van der Waals surface area contributed by atoms with Crippen molar-refractivity contribution in [1.82, 2.24) is 5.32 Å². The summed E-state index contributed by atoms with van der Waals surface area (Å²) in [4.78, 5) is 10.3. The number of carbonyl (C=O) groups is 1. The molecule has 0 spiro atoms. The van der Waals surface area contributed by atoms with E-state index in [-0.39, 0.29) is 5.91 Å². The summed E-state index contributed by atoms with van der Waals surface area (Å²) in [6.45, 7) is 11.1. The summed E-state index contributed by atoms with van der Waals surface area (Å²) in [7, 11) is 0. The van der Waals surface area contributed by atoms with Gasteiger partial charge in [-0.25, -0.2) is 0 Å². The SMILES string of the molecule is CCC(C)CN.CCC(C)CNCCC(N)=O. The van der Waals surface area contributed by atoms with Crippen LogP contribution in [0.3, 0.4) is 0 Å². The van der Waals surface area contributed by atoms with E-state index in [9.17, 15) is 4.79 Å². The fourth-order valence-electron chi connectivity index (χ4n) is 0.871. The van der Waals surface area contributed by atoms with Crippen molar-refractivity contribution in [3.05, 3.63) is 0 Å². The summed E-state index contributed by atoms with van der Waals surface area (Å²) in [6, 6.07) is 0. The van der Waals surface area contributed by atoms with Gasteiger partial charge in [0.15, 0.2) is 0 Å². The third kappa shape index (κ3) is 18.0. The molecule has 17 heavy (non-hydrogen) atoms. The number of primary amides is 1. The summed E-state index contributed by atoms with van der Waals surface area (Å²) in [5, 5.41) is 3.17. The summed E-state index contributed by atoms with van der Waals surface area (Å²) in [5.74, 6) is 1.16. The number of nitrogens with one attached hydrogen (secondary N) is 1. The molecule has 0 aliphatic heterocycles. The van der Waals surface area contributed by atoms with Crippen LogP contribution in [0.5, 0.6) is 0 Å². The van der Waals surface area contributed by atoms with Crippen LogP contribution in [0, 0.1) is 11.8 Å². The van der Waals surface area contributed by atoms with Crippen LogP contribution in [0.25, 0.3) is 0 Å². The molecule has 2 atom stereocenters. The van der Waals surface area contributed by atoms with E-state index in [1.54, 1.807) is 0 Å². The predicted molar refractivity (Wildman–Crippen MR) is 74.6 cm³/mol. The molecule has 0 aromatic carbocycles. The number of hydrogen-bond donors (Lipinski definition) is 3. The van der Waals surface area contributed by atoms with E-state index in [2.05, 4.69) is 33.0 Å². The van der Waals surface area contributed by atoms with Crippen molar-refractivity contribution < 1.29 is 4.79 Å². The highest BCUT2D eigenvalue weighted by atomic mass is 16.1. The lowest BCUT2D eigenvalue weighted by Crippen LogP contribution is -2.25. The van der Waals surface area contributed by atoms with Gasteiger partial charge in [0, 0.05) is 13.0 Å². The summed E-state index contributed by atoms with van der Waals surface area (Å²) in [6.07, 6.45) is 2.82. The average molecular weight is 245 g/mol. The Hall–Kier alpha value is -0.610. The number of amides is 1. The minimum absolute atomic E-state index is 0.235. The van der Waals surface area contributed by atoms with E-state index in [1.807, 2.05) is 0 Å². The lowest BCUT2D eigenvalue weighted by atomic mass is 10.1. The zero-order valence-electron chi connectivity index (χ0n) is 12.0. The van der Waals surface area contributed by atoms with Crippen LogP contribution in [0.4, 0.5) is 0 Å². The zero-order valence-corrected chi connectivity index (χ0v) is 12.0. The third-order valence-electron chi connectivity index (χ3n) is 2.84. The Morgan fingerprint density at radius 1 is 1.18 bits per heavy atom. The molecule has 1 amide bonds. The number of carbonyl (C=O) groups excluding carboxylic acids is 1. The average Bonchev–Trinajstić information content (AvgIpc) is 2.33. The highest BCUT2D eigenvalue weighted by Crippen LogP contribution is 1.96. The fourth-order valence-corrected chi connectivity index (χ4v) is 0.871. The van der Waals surface area contributed by atoms with Gasteiger partial charge < -0.3 is 16.8 Å². The number of rotatable bonds is 8. The van der Waals surface area contributed by atoms with Crippen molar-refractivity contribution in [2.24, 2.45) is 23.3 Å². The summed E-state index contributed by atoms with van der Waals surface area (Å²) in [5.41, 5.74) is 10.2. The molecule has 5 N–H and O–H groups in total. The Labute approximate surface area is 107 Å². The topological polar surface area (TPSA) is 81.1 Å². The first-order valence-electron chi connectivity index (χ1n) is 6.66. The second-order valence-corrected chi connectivity index (χ2v) is 4.68. The number of hydrogen-bond acceptors (Lipinski definition) is 3. The lowest BCUT2D eigenvalue weighted by Gasteiger charge is -2.08. The van der Waals surface area contributed by atoms with Gasteiger partial charge in [-0.05, 0) is 24.9 Å². The quantitative estimate of drug-likeness (QED) is 0.567. The van der Waals surface area contributed by atoms with Crippen molar-refractivity contribution >= 4 is 5.91 Å². The van der Waals surface area contributed by atoms with Crippen molar-refractivity contribution in [3.63, 3.8) is 0 Å². The van der Waals surface area contributed by atoms with Crippen LogP contribution in [0.2, 0.25) is 0 Å². The standard InChI is InChI=1S/C8H18N2O.C5H13N/c1-3-7(2)6-10-5-4-8(9)11;1-3-5(2)4-6/h7,10H,3-6H2,1-2H3,(H2,9,11);5H,3-4,6H2,1-2H3. The van der Waals surface area contributed by atoms with Crippen LogP contribution in [0.15, 0.2) is 0 Å². The van der Waals surface area contributed by atoms with Crippen LogP contribution in [0.1, 0.15) is 47.0 Å². The molecule has 0 bridgehead atoms. The van der Waals surface area contributed by atoms with E-state index in [4.69, 9.17) is 11.5 Å². The Morgan fingerprint density at radius 3 is 2.00 bits per heavy atom. The molecule has 0 aliphatic rings. The van der Waals surface area contributed by atoms with Gasteiger partial charge in [-0.1, -0.05) is 40.5 Å². The first kappa shape index (κ1) is 18.7. The molecule has 0 aromatic rings. The maximum atomic E-state index is 10.3. The van der Waals surface area contributed by atoms with E-state index in [1.165, 1.54) is 12.8 Å². The van der Waals surface area contributed by atoms with Gasteiger partial charge in [0.2, 0.25) is 5.91 Å². The zero-order chi connectivity index (χ0) is 13.7. The van der Waals surface area contributed by atoms with Crippen molar-refractivity contribution in [1.29, 1.82) is 0 Å². The van der Waals surface area contributed by atoms with Crippen LogP contribution in [-0.2, 0) is 4.79 Å². The van der Waals surface area contributed by atoms with E-state index >= 15 is 0 Å². The highest BCUT2D eigenvalue weighted by molar-refractivity contribution is 5.73. The molecule has 4 heteroatoms. The maximum absolute atomic E-state index is 10.3. The molecule has 0 aliphatic carbocycles. The van der Waals surface area contributed by atoms with Crippen LogP contribution < -0.4 is 16.8 Å². The Morgan fingerprint density at radius 2 is 1.71 bits per heavy atom. The van der Waals surface area contributed by atoms with Gasteiger partial charge in [-0.2, -0.15) is 0 Å². The third-order valence-corrected chi connectivity index (χ3v) is 2.84. The largest absolute Gasteiger partial charge is 0.370 e. The van der Waals surface area contributed by atoms with Gasteiger partial charge in [0.25, 0.3) is 0 Å². The number of nitrogens with two attached hydrogens (primary N) is 2.